The fraction of sp³-hybridized carbons (Fsp3) is 0.833. The monoisotopic (exact) mass is 116 g/mol. The van der Waals surface area contributed by atoms with Crippen LogP contribution in [-0.2, 0) is 4.79 Å². The van der Waals surface area contributed by atoms with Crippen LogP contribution in [0.25, 0.3) is 0 Å². The Kier molecular flexibility index (Phi) is 1.61. The van der Waals surface area contributed by atoms with Crippen molar-refractivity contribution in [2.75, 3.05) is 0 Å². The molecule has 0 spiro atoms. The summed E-state index contributed by atoms with van der Waals surface area (Å²) in [4.78, 5) is 10.4. The summed E-state index contributed by atoms with van der Waals surface area (Å²) in [6, 6.07) is 0. The second kappa shape index (κ2) is 2.25. The molecule has 1 saturated carbocycles. The maximum Gasteiger partial charge on any atom is 0.166 e. The fourth-order valence-electron chi connectivity index (χ4n) is 0.940. The van der Waals surface area contributed by atoms with Crippen molar-refractivity contribution >= 4 is 5.78 Å². The molecule has 0 radical (unpaired) electrons. The molecule has 46 valence electrons. The van der Waals surface area contributed by atoms with E-state index in [2.05, 4.69) is 0 Å². The predicted molar refractivity (Wildman–Crippen MR) is 28.4 cm³/mol. The van der Waals surface area contributed by atoms with Crippen LogP contribution in [0.5, 0.6) is 0 Å². The Bertz CT molecular complexity index is 101. The molecule has 2 heteroatoms. The Morgan fingerprint density at radius 3 is 2.62 bits per heavy atom. The van der Waals surface area contributed by atoms with Crippen LogP contribution in [0.1, 0.15) is 25.7 Å². The molecule has 0 N–H and O–H groups in total. The first-order valence-corrected chi connectivity index (χ1v) is 2.97. The van der Waals surface area contributed by atoms with Crippen LogP contribution >= 0.6 is 0 Å². The van der Waals surface area contributed by atoms with Crippen molar-refractivity contribution in [3.05, 3.63) is 0 Å². The van der Waals surface area contributed by atoms with Crippen LogP contribution in [0.4, 0.5) is 4.39 Å². The summed E-state index contributed by atoms with van der Waals surface area (Å²) in [6.07, 6.45) is 1.55. The standard InChI is InChI=1S/C6H9FO/c7-5-3-1-2-4-6(5)8/h5H,1-4H2/t5-/m1/s1. The summed E-state index contributed by atoms with van der Waals surface area (Å²) in [5.74, 6) is -0.198. The topological polar surface area (TPSA) is 17.1 Å². The van der Waals surface area contributed by atoms with Gasteiger partial charge in [-0.1, -0.05) is 0 Å². The quantitative estimate of drug-likeness (QED) is 0.468. The highest BCUT2D eigenvalue weighted by Crippen LogP contribution is 2.16. The van der Waals surface area contributed by atoms with Gasteiger partial charge in [-0.3, -0.25) is 4.79 Å². The van der Waals surface area contributed by atoms with E-state index in [0.29, 0.717) is 12.8 Å². The van der Waals surface area contributed by atoms with E-state index < -0.39 is 6.17 Å². The maximum absolute atomic E-state index is 12.2. The van der Waals surface area contributed by atoms with Gasteiger partial charge in [0, 0.05) is 6.42 Å². The summed E-state index contributed by atoms with van der Waals surface area (Å²) in [5, 5.41) is 0. The number of carbonyl (C=O) groups excluding carboxylic acids is 1. The SMILES string of the molecule is O=C1CCCC[C@H]1F. The first-order valence-electron chi connectivity index (χ1n) is 2.97. The molecule has 0 aromatic carbocycles. The van der Waals surface area contributed by atoms with Crippen molar-refractivity contribution in [3.8, 4) is 0 Å². The maximum atomic E-state index is 12.2. The van der Waals surface area contributed by atoms with Gasteiger partial charge in [0.25, 0.3) is 0 Å². The van der Waals surface area contributed by atoms with Crippen LogP contribution < -0.4 is 0 Å². The highest BCUT2D eigenvalue weighted by molar-refractivity contribution is 5.83. The van der Waals surface area contributed by atoms with E-state index in [9.17, 15) is 9.18 Å². The van der Waals surface area contributed by atoms with Crippen molar-refractivity contribution in [2.24, 2.45) is 0 Å². The Labute approximate surface area is 47.9 Å². The number of halogens is 1. The summed E-state index contributed by atoms with van der Waals surface area (Å²) in [5.41, 5.74) is 0. The zero-order valence-corrected chi connectivity index (χ0v) is 4.69. The van der Waals surface area contributed by atoms with Crippen molar-refractivity contribution in [1.82, 2.24) is 0 Å². The molecular formula is C6H9FO. The van der Waals surface area contributed by atoms with E-state index >= 15 is 0 Å². The molecule has 0 unspecified atom stereocenters. The number of hydrogen-bond acceptors (Lipinski definition) is 1. The van der Waals surface area contributed by atoms with Gasteiger partial charge in [0.15, 0.2) is 12.0 Å². The molecular weight excluding hydrogens is 107 g/mol. The van der Waals surface area contributed by atoms with Crippen LogP contribution in [0.2, 0.25) is 0 Å². The highest BCUT2D eigenvalue weighted by atomic mass is 19.1. The lowest BCUT2D eigenvalue weighted by molar-refractivity contribution is -0.125. The van der Waals surface area contributed by atoms with Gasteiger partial charge < -0.3 is 0 Å². The molecule has 0 aliphatic heterocycles. The van der Waals surface area contributed by atoms with Crippen LogP contribution in [0, 0.1) is 0 Å². The third-order valence-corrected chi connectivity index (χ3v) is 1.48. The molecule has 0 aromatic rings. The molecule has 0 aromatic heterocycles. The van der Waals surface area contributed by atoms with E-state index in [1.54, 1.807) is 0 Å². The minimum atomic E-state index is -1.14. The minimum absolute atomic E-state index is 0.198. The largest absolute Gasteiger partial charge is 0.296 e. The van der Waals surface area contributed by atoms with E-state index in [1.807, 2.05) is 0 Å². The normalized spacial score (nSPS) is 30.6. The summed E-state index contributed by atoms with van der Waals surface area (Å²) in [6.45, 7) is 0. The molecule has 0 heterocycles. The number of Topliss-reactive ketones (excluding diaryl/α,β-unsaturated/α-hetero) is 1. The van der Waals surface area contributed by atoms with Crippen LogP contribution in [-0.4, -0.2) is 12.0 Å². The summed E-state index contributed by atoms with van der Waals surface area (Å²) >= 11 is 0. The minimum Gasteiger partial charge on any atom is -0.296 e. The van der Waals surface area contributed by atoms with E-state index in [0.717, 1.165) is 12.8 Å². The number of hydrogen-bond donors (Lipinski definition) is 0. The highest BCUT2D eigenvalue weighted by Gasteiger charge is 2.20. The number of ketones is 1. The first kappa shape index (κ1) is 5.73. The van der Waals surface area contributed by atoms with Crippen LogP contribution in [0.3, 0.4) is 0 Å². The molecule has 0 bridgehead atoms. The second-order valence-corrected chi connectivity index (χ2v) is 2.18. The number of carbonyl (C=O) groups is 1. The van der Waals surface area contributed by atoms with Crippen LogP contribution in [0.15, 0.2) is 0 Å². The predicted octanol–water partition coefficient (Wildman–Crippen LogP) is 1.47. The lowest BCUT2D eigenvalue weighted by Crippen LogP contribution is -2.19. The van der Waals surface area contributed by atoms with Gasteiger partial charge in [0.1, 0.15) is 0 Å². The van der Waals surface area contributed by atoms with Gasteiger partial charge >= 0.3 is 0 Å². The van der Waals surface area contributed by atoms with Gasteiger partial charge in [-0.05, 0) is 19.3 Å². The Balaban J connectivity index is 2.39. The lowest BCUT2D eigenvalue weighted by Gasteiger charge is -2.11. The summed E-state index contributed by atoms with van der Waals surface area (Å²) < 4.78 is 12.2. The molecule has 0 saturated heterocycles. The molecule has 8 heavy (non-hydrogen) atoms. The third kappa shape index (κ3) is 1.05. The lowest BCUT2D eigenvalue weighted by atomic mass is 9.98. The van der Waals surface area contributed by atoms with E-state index in [-0.39, 0.29) is 5.78 Å². The molecule has 1 nitrogen and oxygen atoms in total. The molecule has 0 amide bonds. The number of rotatable bonds is 0. The molecule has 1 fully saturated rings. The average Bonchev–Trinajstić information content (AvgIpc) is 1.77. The van der Waals surface area contributed by atoms with Crippen molar-refractivity contribution in [3.63, 3.8) is 0 Å². The van der Waals surface area contributed by atoms with E-state index in [1.165, 1.54) is 0 Å². The fourth-order valence-corrected chi connectivity index (χ4v) is 0.940. The second-order valence-electron chi connectivity index (χ2n) is 2.18. The molecule has 1 aliphatic rings. The zero-order valence-electron chi connectivity index (χ0n) is 4.69. The Morgan fingerprint density at radius 1 is 1.50 bits per heavy atom. The molecule has 1 atom stereocenters. The zero-order chi connectivity index (χ0) is 5.98. The smallest absolute Gasteiger partial charge is 0.166 e. The molecule has 1 rings (SSSR count). The Hall–Kier alpha value is -0.400. The van der Waals surface area contributed by atoms with Gasteiger partial charge in [0.2, 0.25) is 0 Å². The van der Waals surface area contributed by atoms with E-state index in [4.69, 9.17) is 0 Å². The van der Waals surface area contributed by atoms with Crippen molar-refractivity contribution in [2.45, 2.75) is 31.9 Å². The third-order valence-electron chi connectivity index (χ3n) is 1.48. The first-order chi connectivity index (χ1) is 3.80. The number of alkyl halides is 1. The average molecular weight is 116 g/mol. The van der Waals surface area contributed by atoms with Crippen molar-refractivity contribution in [1.29, 1.82) is 0 Å². The van der Waals surface area contributed by atoms with Crippen molar-refractivity contribution < 1.29 is 9.18 Å². The van der Waals surface area contributed by atoms with Gasteiger partial charge in [-0.15, -0.1) is 0 Å². The Morgan fingerprint density at radius 2 is 2.25 bits per heavy atom. The van der Waals surface area contributed by atoms with Gasteiger partial charge in [0.05, 0.1) is 0 Å². The summed E-state index contributed by atoms with van der Waals surface area (Å²) in [7, 11) is 0. The van der Waals surface area contributed by atoms with Gasteiger partial charge in [-0.2, -0.15) is 0 Å². The molecule has 1 aliphatic carbocycles. The van der Waals surface area contributed by atoms with Gasteiger partial charge in [-0.25, -0.2) is 4.39 Å².